The van der Waals surface area contributed by atoms with E-state index >= 15 is 0 Å². The molecule has 1 aromatic carbocycles. The minimum Gasteiger partial charge on any atom is -0.496 e. The highest BCUT2D eigenvalue weighted by Crippen LogP contribution is 2.39. The molecule has 7 heteroatoms. The Balaban J connectivity index is 3.57. The summed E-state index contributed by atoms with van der Waals surface area (Å²) < 4.78 is 42.7. The number of carbonyl (C=O) groups excluding carboxylic acids is 1. The summed E-state index contributed by atoms with van der Waals surface area (Å²) in [6.45, 7) is 0. The zero-order valence-corrected chi connectivity index (χ0v) is 10.2. The highest BCUT2D eigenvalue weighted by atomic mass is 79.9. The maximum atomic E-state index is 12.6. The molecule has 16 heavy (non-hydrogen) atoms. The molecule has 0 unspecified atom stereocenters. The number of rotatable bonds is 2. The van der Waals surface area contributed by atoms with Gasteiger partial charge in [0.05, 0.1) is 18.2 Å². The SMILES string of the molecule is COc1cc(Br)cc(C(F)(F)F)c1C(=O)Cl. The van der Waals surface area contributed by atoms with Crippen LogP contribution in [0.4, 0.5) is 13.2 Å². The van der Waals surface area contributed by atoms with Crippen LogP contribution < -0.4 is 4.74 Å². The molecular formula is C9H5BrClF3O2. The van der Waals surface area contributed by atoms with E-state index in [0.717, 1.165) is 13.2 Å². The Hall–Kier alpha value is -0.750. The fourth-order valence-electron chi connectivity index (χ4n) is 1.17. The van der Waals surface area contributed by atoms with Crippen molar-refractivity contribution >= 4 is 32.8 Å². The maximum Gasteiger partial charge on any atom is 0.417 e. The Morgan fingerprint density at radius 2 is 2.00 bits per heavy atom. The van der Waals surface area contributed by atoms with Gasteiger partial charge in [0, 0.05) is 4.47 Å². The van der Waals surface area contributed by atoms with Gasteiger partial charge in [0.1, 0.15) is 5.75 Å². The molecule has 0 atom stereocenters. The first-order valence-electron chi connectivity index (χ1n) is 3.92. The number of benzene rings is 1. The van der Waals surface area contributed by atoms with Gasteiger partial charge in [-0.1, -0.05) is 15.9 Å². The summed E-state index contributed by atoms with van der Waals surface area (Å²) in [4.78, 5) is 11.0. The molecule has 0 saturated carbocycles. The molecular weight excluding hydrogens is 312 g/mol. The number of methoxy groups -OCH3 is 1. The average Bonchev–Trinajstić information content (AvgIpc) is 2.14. The van der Waals surface area contributed by atoms with Crippen LogP contribution >= 0.6 is 27.5 Å². The molecule has 88 valence electrons. The number of ether oxygens (including phenoxy) is 1. The van der Waals surface area contributed by atoms with E-state index in [1.807, 2.05) is 0 Å². The highest BCUT2D eigenvalue weighted by Gasteiger charge is 2.37. The van der Waals surface area contributed by atoms with E-state index in [-0.39, 0.29) is 10.2 Å². The van der Waals surface area contributed by atoms with Gasteiger partial charge in [-0.2, -0.15) is 13.2 Å². The fraction of sp³-hybridized carbons (Fsp3) is 0.222. The van der Waals surface area contributed by atoms with Crippen molar-refractivity contribution in [2.45, 2.75) is 6.18 Å². The Labute approximate surface area is 102 Å². The zero-order valence-electron chi connectivity index (χ0n) is 7.86. The second-order valence-electron chi connectivity index (χ2n) is 2.80. The van der Waals surface area contributed by atoms with Crippen molar-refractivity contribution < 1.29 is 22.7 Å². The van der Waals surface area contributed by atoms with Crippen LogP contribution in [-0.4, -0.2) is 12.4 Å². The van der Waals surface area contributed by atoms with Crippen LogP contribution in [0.2, 0.25) is 0 Å². The highest BCUT2D eigenvalue weighted by molar-refractivity contribution is 9.10. The van der Waals surface area contributed by atoms with Gasteiger partial charge < -0.3 is 4.74 Å². The summed E-state index contributed by atoms with van der Waals surface area (Å²) in [5, 5.41) is -1.21. The van der Waals surface area contributed by atoms with Gasteiger partial charge in [-0.3, -0.25) is 4.79 Å². The minimum atomic E-state index is -4.67. The summed E-state index contributed by atoms with van der Waals surface area (Å²) in [6.07, 6.45) is -4.67. The van der Waals surface area contributed by atoms with Crippen molar-refractivity contribution in [1.82, 2.24) is 0 Å². The fourth-order valence-corrected chi connectivity index (χ4v) is 1.80. The van der Waals surface area contributed by atoms with Crippen LogP contribution in [0.1, 0.15) is 15.9 Å². The van der Waals surface area contributed by atoms with Gasteiger partial charge in [-0.05, 0) is 23.7 Å². The van der Waals surface area contributed by atoms with Gasteiger partial charge in [-0.15, -0.1) is 0 Å². The number of alkyl halides is 3. The smallest absolute Gasteiger partial charge is 0.417 e. The third-order valence-electron chi connectivity index (χ3n) is 1.79. The predicted molar refractivity (Wildman–Crippen MR) is 55.9 cm³/mol. The Morgan fingerprint density at radius 1 is 1.44 bits per heavy atom. The molecule has 1 aromatic rings. The van der Waals surface area contributed by atoms with E-state index in [2.05, 4.69) is 20.7 Å². The third-order valence-corrected chi connectivity index (χ3v) is 2.44. The van der Waals surface area contributed by atoms with Gasteiger partial charge in [0.15, 0.2) is 0 Å². The molecule has 0 aliphatic carbocycles. The monoisotopic (exact) mass is 316 g/mol. The Bertz CT molecular complexity index is 431. The van der Waals surface area contributed by atoms with Crippen molar-refractivity contribution in [2.24, 2.45) is 0 Å². The van der Waals surface area contributed by atoms with E-state index in [4.69, 9.17) is 11.6 Å². The van der Waals surface area contributed by atoms with Crippen LogP contribution in [0.3, 0.4) is 0 Å². The topological polar surface area (TPSA) is 26.3 Å². The lowest BCUT2D eigenvalue weighted by Crippen LogP contribution is -2.12. The van der Waals surface area contributed by atoms with E-state index < -0.39 is 22.5 Å². The number of hydrogen-bond acceptors (Lipinski definition) is 2. The van der Waals surface area contributed by atoms with Gasteiger partial charge in [0.2, 0.25) is 0 Å². The lowest BCUT2D eigenvalue weighted by atomic mass is 10.1. The molecule has 0 aromatic heterocycles. The van der Waals surface area contributed by atoms with Gasteiger partial charge in [0.25, 0.3) is 5.24 Å². The van der Waals surface area contributed by atoms with E-state index in [9.17, 15) is 18.0 Å². The molecule has 2 nitrogen and oxygen atoms in total. The molecule has 0 N–H and O–H groups in total. The van der Waals surface area contributed by atoms with E-state index in [0.29, 0.717) is 0 Å². The maximum absolute atomic E-state index is 12.6. The third kappa shape index (κ3) is 2.68. The number of hydrogen-bond donors (Lipinski definition) is 0. The molecule has 0 saturated heterocycles. The first-order chi connectivity index (χ1) is 7.27. The van der Waals surface area contributed by atoms with Crippen LogP contribution in [0.25, 0.3) is 0 Å². The second-order valence-corrected chi connectivity index (χ2v) is 4.06. The van der Waals surface area contributed by atoms with E-state index in [1.54, 1.807) is 0 Å². The predicted octanol–water partition coefficient (Wildman–Crippen LogP) is 3.86. The van der Waals surface area contributed by atoms with Gasteiger partial charge in [-0.25, -0.2) is 0 Å². The molecule has 0 aliphatic rings. The Kier molecular flexibility index (Phi) is 3.85. The normalized spacial score (nSPS) is 11.4. The Morgan fingerprint density at radius 3 is 2.38 bits per heavy atom. The van der Waals surface area contributed by atoms with Crippen LogP contribution in [0.15, 0.2) is 16.6 Å². The molecule has 1 rings (SSSR count). The van der Waals surface area contributed by atoms with Crippen molar-refractivity contribution in [2.75, 3.05) is 7.11 Å². The molecule has 0 heterocycles. The van der Waals surface area contributed by atoms with Crippen LogP contribution in [0.5, 0.6) is 5.75 Å². The van der Waals surface area contributed by atoms with Crippen molar-refractivity contribution in [3.8, 4) is 5.75 Å². The zero-order chi connectivity index (χ0) is 12.5. The minimum absolute atomic E-state index is 0.151. The van der Waals surface area contributed by atoms with Crippen molar-refractivity contribution in [3.05, 3.63) is 27.7 Å². The first kappa shape index (κ1) is 13.3. The molecule has 0 fully saturated rings. The standard InChI is InChI=1S/C9H5BrClF3O2/c1-16-6-3-4(10)2-5(9(12,13)14)7(6)8(11)15/h2-3H,1H3. The van der Waals surface area contributed by atoms with E-state index in [1.165, 1.54) is 6.07 Å². The van der Waals surface area contributed by atoms with Crippen LogP contribution in [0, 0.1) is 0 Å². The average molecular weight is 317 g/mol. The summed E-state index contributed by atoms with van der Waals surface area (Å²) in [7, 11) is 1.16. The molecule has 0 spiro atoms. The lowest BCUT2D eigenvalue weighted by Gasteiger charge is -2.14. The van der Waals surface area contributed by atoms with Gasteiger partial charge >= 0.3 is 6.18 Å². The van der Waals surface area contributed by atoms with Crippen molar-refractivity contribution in [1.29, 1.82) is 0 Å². The first-order valence-corrected chi connectivity index (χ1v) is 5.09. The molecule has 0 amide bonds. The molecule has 0 radical (unpaired) electrons. The quantitative estimate of drug-likeness (QED) is 0.774. The largest absolute Gasteiger partial charge is 0.496 e. The molecule has 0 bridgehead atoms. The summed E-state index contributed by atoms with van der Waals surface area (Å²) in [6, 6.07) is 2.02. The molecule has 0 aliphatic heterocycles. The van der Waals surface area contributed by atoms with Crippen molar-refractivity contribution in [3.63, 3.8) is 0 Å². The second kappa shape index (κ2) is 4.63. The number of halogens is 5. The van der Waals surface area contributed by atoms with Crippen LogP contribution in [-0.2, 0) is 6.18 Å². The summed E-state index contributed by atoms with van der Waals surface area (Å²) >= 11 is 8.01. The number of carbonyl (C=O) groups is 1. The summed E-state index contributed by atoms with van der Waals surface area (Å²) in [5.74, 6) is -0.221. The summed E-state index contributed by atoms with van der Waals surface area (Å²) in [5.41, 5.74) is -1.81. The lowest BCUT2D eigenvalue weighted by molar-refractivity contribution is -0.138.